The predicted octanol–water partition coefficient (Wildman–Crippen LogP) is 1.67. The fraction of sp³-hybridized carbons (Fsp3) is 0.172. The van der Waals surface area contributed by atoms with E-state index in [-0.39, 0.29) is 12.5 Å². The number of nitrogens with two attached hydrogens (primary N) is 1. The molecule has 8 nitrogen and oxygen atoms in total. The molecule has 186 valence electrons. The molecule has 5 N–H and O–H groups in total. The van der Waals surface area contributed by atoms with Gasteiger partial charge in [0.2, 0.25) is 5.91 Å². The van der Waals surface area contributed by atoms with Gasteiger partial charge in [-0.15, -0.1) is 0 Å². The molecule has 8 heteroatoms. The molecule has 1 atom stereocenters. The summed E-state index contributed by atoms with van der Waals surface area (Å²) in [5, 5.41) is 14.3. The van der Waals surface area contributed by atoms with Gasteiger partial charge in [-0.2, -0.15) is 0 Å². The summed E-state index contributed by atoms with van der Waals surface area (Å²) in [6.07, 6.45) is 4.44. The number of nitrogens with one attached hydrogen (secondary N) is 2. The minimum atomic E-state index is -0.935. The lowest BCUT2D eigenvalue weighted by atomic mass is 10.1. The van der Waals surface area contributed by atoms with Crippen molar-refractivity contribution in [3.63, 3.8) is 0 Å². The van der Waals surface area contributed by atoms with Crippen LogP contribution < -0.4 is 16.4 Å². The second kappa shape index (κ2) is 14.0. The Kier molecular flexibility index (Phi) is 10.1. The first-order valence-corrected chi connectivity index (χ1v) is 11.5. The molecule has 0 fully saturated rings. The van der Waals surface area contributed by atoms with E-state index in [4.69, 9.17) is 10.8 Å². The average Bonchev–Trinajstić information content (AvgIpc) is 2.94. The molecular weight excluding hydrogens is 468 g/mol. The number of ketones is 1. The van der Waals surface area contributed by atoms with Gasteiger partial charge < -0.3 is 21.5 Å². The van der Waals surface area contributed by atoms with E-state index in [9.17, 15) is 14.4 Å². The van der Waals surface area contributed by atoms with Crippen LogP contribution in [0.15, 0.2) is 73.1 Å². The summed E-state index contributed by atoms with van der Waals surface area (Å²) in [5.74, 6) is 10.3. The zero-order valence-electron chi connectivity index (χ0n) is 20.0. The third-order valence-electron chi connectivity index (χ3n) is 5.27. The van der Waals surface area contributed by atoms with Gasteiger partial charge in [0.25, 0.3) is 5.91 Å². The van der Waals surface area contributed by atoms with E-state index in [0.29, 0.717) is 29.7 Å². The van der Waals surface area contributed by atoms with Gasteiger partial charge in [0, 0.05) is 47.7 Å². The Bertz CT molecular complexity index is 1350. The van der Waals surface area contributed by atoms with E-state index in [1.54, 1.807) is 60.9 Å². The molecular formula is C29H26N4O4. The topological polar surface area (TPSA) is 134 Å². The highest BCUT2D eigenvalue weighted by Crippen LogP contribution is 2.10. The van der Waals surface area contributed by atoms with Crippen molar-refractivity contribution in [2.24, 2.45) is 5.73 Å². The van der Waals surface area contributed by atoms with E-state index in [1.165, 1.54) is 0 Å². The first kappa shape index (κ1) is 26.8. The number of aliphatic hydroxyl groups is 1. The molecule has 0 aliphatic carbocycles. The summed E-state index contributed by atoms with van der Waals surface area (Å²) in [4.78, 5) is 39.9. The highest BCUT2D eigenvalue weighted by Gasteiger charge is 2.18. The number of carbonyl (C=O) groups is 3. The number of carbonyl (C=O) groups excluding carboxylic acids is 3. The minimum Gasteiger partial charge on any atom is -0.388 e. The molecule has 2 aromatic carbocycles. The van der Waals surface area contributed by atoms with Gasteiger partial charge in [0.05, 0.1) is 0 Å². The van der Waals surface area contributed by atoms with E-state index < -0.39 is 24.3 Å². The maximum Gasteiger partial charge on any atom is 0.251 e. The van der Waals surface area contributed by atoms with Crippen LogP contribution in [0.4, 0.5) is 5.69 Å². The molecule has 2 amide bonds. The lowest BCUT2D eigenvalue weighted by Crippen LogP contribution is -2.46. The number of pyridine rings is 1. The van der Waals surface area contributed by atoms with Crippen molar-refractivity contribution in [3.8, 4) is 23.7 Å². The molecule has 1 heterocycles. The van der Waals surface area contributed by atoms with Crippen LogP contribution in [0.5, 0.6) is 0 Å². The number of aliphatic hydroxyl groups excluding tert-OH is 1. The molecule has 0 aliphatic rings. The highest BCUT2D eigenvalue weighted by molar-refractivity contribution is 5.98. The van der Waals surface area contributed by atoms with E-state index in [0.717, 1.165) is 11.1 Å². The fourth-order valence-corrected chi connectivity index (χ4v) is 3.20. The molecule has 37 heavy (non-hydrogen) atoms. The molecule has 0 aliphatic heterocycles. The largest absolute Gasteiger partial charge is 0.388 e. The number of aromatic nitrogens is 1. The number of anilines is 1. The maximum absolute atomic E-state index is 12.3. The van der Waals surface area contributed by atoms with Crippen molar-refractivity contribution in [3.05, 3.63) is 95.3 Å². The number of nitrogens with zero attached hydrogens (tertiary/aromatic N) is 1. The quantitative estimate of drug-likeness (QED) is 0.335. The Balaban J connectivity index is 1.50. The van der Waals surface area contributed by atoms with E-state index >= 15 is 0 Å². The molecule has 0 saturated carbocycles. The maximum atomic E-state index is 12.3. The fourth-order valence-electron chi connectivity index (χ4n) is 3.20. The summed E-state index contributed by atoms with van der Waals surface area (Å²) in [6.45, 7) is -0.788. The molecule has 0 radical (unpaired) electrons. The smallest absolute Gasteiger partial charge is 0.251 e. The van der Waals surface area contributed by atoms with Crippen LogP contribution in [0.2, 0.25) is 0 Å². The molecule has 0 saturated heterocycles. The highest BCUT2D eigenvalue weighted by atomic mass is 16.3. The summed E-state index contributed by atoms with van der Waals surface area (Å²) in [5.41, 5.74) is 8.98. The second-order valence-electron chi connectivity index (χ2n) is 7.94. The van der Waals surface area contributed by atoms with Crippen molar-refractivity contribution in [2.75, 3.05) is 18.5 Å². The van der Waals surface area contributed by atoms with E-state index in [1.807, 2.05) is 12.1 Å². The Morgan fingerprint density at radius 2 is 1.49 bits per heavy atom. The number of aryl methyl sites for hydroxylation is 1. The van der Waals surface area contributed by atoms with Crippen LogP contribution in [0.25, 0.3) is 0 Å². The number of amides is 2. The van der Waals surface area contributed by atoms with Crippen LogP contribution in [-0.4, -0.2) is 46.9 Å². The molecule has 3 rings (SSSR count). The second-order valence-corrected chi connectivity index (χ2v) is 7.94. The van der Waals surface area contributed by atoms with Crippen LogP contribution in [0.1, 0.15) is 33.5 Å². The third-order valence-corrected chi connectivity index (χ3v) is 5.27. The summed E-state index contributed by atoms with van der Waals surface area (Å²) in [6, 6.07) is 16.5. The number of rotatable bonds is 9. The van der Waals surface area contributed by atoms with Crippen LogP contribution in [-0.2, 0) is 16.0 Å². The van der Waals surface area contributed by atoms with Crippen molar-refractivity contribution in [2.45, 2.75) is 18.9 Å². The number of hydrogen-bond donors (Lipinski definition) is 4. The monoisotopic (exact) mass is 494 g/mol. The van der Waals surface area contributed by atoms with Crippen LogP contribution >= 0.6 is 0 Å². The Morgan fingerprint density at radius 1 is 0.892 bits per heavy atom. The number of hydrogen-bond acceptors (Lipinski definition) is 6. The minimum absolute atomic E-state index is 0.0668. The van der Waals surface area contributed by atoms with Gasteiger partial charge >= 0.3 is 0 Å². The lowest BCUT2D eigenvalue weighted by molar-refractivity contribution is -0.123. The van der Waals surface area contributed by atoms with Gasteiger partial charge in [0.1, 0.15) is 12.6 Å². The van der Waals surface area contributed by atoms with Gasteiger partial charge in [0.15, 0.2) is 5.78 Å². The van der Waals surface area contributed by atoms with Crippen molar-refractivity contribution in [1.29, 1.82) is 0 Å². The van der Waals surface area contributed by atoms with Gasteiger partial charge in [-0.05, 0) is 84.5 Å². The predicted molar refractivity (Wildman–Crippen MR) is 140 cm³/mol. The van der Waals surface area contributed by atoms with Crippen molar-refractivity contribution >= 4 is 23.3 Å². The summed E-state index contributed by atoms with van der Waals surface area (Å²) >= 11 is 0. The number of Topliss-reactive ketones (excluding diaryl/α,β-unsaturated/α-hetero) is 1. The zero-order valence-corrected chi connectivity index (χ0v) is 20.0. The van der Waals surface area contributed by atoms with Gasteiger partial charge in [-0.1, -0.05) is 11.8 Å². The zero-order chi connectivity index (χ0) is 26.5. The third kappa shape index (κ3) is 8.75. The lowest BCUT2D eigenvalue weighted by Gasteiger charge is -2.14. The molecule has 0 bridgehead atoms. The van der Waals surface area contributed by atoms with Crippen LogP contribution in [0.3, 0.4) is 0 Å². The summed E-state index contributed by atoms with van der Waals surface area (Å²) in [7, 11) is 0. The van der Waals surface area contributed by atoms with Gasteiger partial charge in [-0.25, -0.2) is 0 Å². The Morgan fingerprint density at radius 3 is 2.05 bits per heavy atom. The van der Waals surface area contributed by atoms with Crippen molar-refractivity contribution < 1.29 is 19.5 Å². The average molecular weight is 495 g/mol. The van der Waals surface area contributed by atoms with Gasteiger partial charge in [-0.3, -0.25) is 19.4 Å². The molecule has 0 unspecified atom stereocenters. The number of benzene rings is 2. The Labute approximate surface area is 215 Å². The normalized spacial score (nSPS) is 10.6. The van der Waals surface area contributed by atoms with Crippen molar-refractivity contribution in [1.82, 2.24) is 10.3 Å². The first-order valence-electron chi connectivity index (χ1n) is 11.5. The summed E-state index contributed by atoms with van der Waals surface area (Å²) < 4.78 is 0. The standard InChI is InChI=1S/C29H26N4O4/c30-19-26(27(35)20-34)33-29(37)24-10-5-21(6-11-24)3-1-2-4-22-7-12-25(13-8-22)32-28(36)14-9-23-15-17-31-18-16-23/h5-8,10-13,15-18,26,34H,9,14,19-20,30H2,(H,32,36)(H,33,37)/t26-/m0/s1. The molecule has 0 spiro atoms. The Hall–Kier alpha value is -4.76. The molecule has 3 aromatic rings. The van der Waals surface area contributed by atoms with Crippen LogP contribution in [0, 0.1) is 23.7 Å². The SMILES string of the molecule is NC[C@H](NC(=O)c1ccc(C#CC#Cc2ccc(NC(=O)CCc3ccncc3)cc2)cc1)C(=O)CO. The van der Waals surface area contributed by atoms with E-state index in [2.05, 4.69) is 39.3 Å². The first-order chi connectivity index (χ1) is 18.0. The molecule has 1 aromatic heterocycles.